The number of ether oxygens (including phenoxy) is 1. The molecule has 0 aromatic heterocycles. The summed E-state index contributed by atoms with van der Waals surface area (Å²) in [6.07, 6.45) is 1.13. The molecular weight excluding hydrogens is 312 g/mol. The van der Waals surface area contributed by atoms with Crippen molar-refractivity contribution in [3.8, 4) is 5.75 Å². The zero-order valence-corrected chi connectivity index (χ0v) is 14.1. The lowest BCUT2D eigenvalue weighted by Crippen LogP contribution is -2.13. The molecule has 0 aliphatic carbocycles. The summed E-state index contributed by atoms with van der Waals surface area (Å²) in [5.74, 6) is 0.708. The number of aryl methyl sites for hydroxylation is 1. The number of halogens is 1. The number of rotatable bonds is 7. The molecule has 0 spiro atoms. The first kappa shape index (κ1) is 19.0. The number of nitrogens with two attached hydrogens (primary N) is 1. The standard InChI is InChI=1S/C18H22N2O2.ClH/c1-14-5-2-6-15(11-14)13-22-17-8-3-7-16(12-17)20-18(21)9-4-10-19;/h2-3,5-8,11-12H,4,9-10,13,19H2,1H3,(H,20,21);1H. The van der Waals surface area contributed by atoms with Gasteiger partial charge in [-0.3, -0.25) is 4.79 Å². The second kappa shape index (κ2) is 9.87. The second-order valence-electron chi connectivity index (χ2n) is 5.25. The Hall–Kier alpha value is -2.04. The van der Waals surface area contributed by atoms with E-state index in [9.17, 15) is 4.79 Å². The van der Waals surface area contributed by atoms with Gasteiger partial charge in [-0.2, -0.15) is 0 Å². The summed E-state index contributed by atoms with van der Waals surface area (Å²) >= 11 is 0. The minimum absolute atomic E-state index is 0. The second-order valence-corrected chi connectivity index (χ2v) is 5.25. The highest BCUT2D eigenvalue weighted by Gasteiger charge is 2.03. The predicted molar refractivity (Wildman–Crippen MR) is 96.1 cm³/mol. The van der Waals surface area contributed by atoms with E-state index in [0.29, 0.717) is 26.0 Å². The molecule has 1 amide bonds. The van der Waals surface area contributed by atoms with Gasteiger partial charge in [-0.15, -0.1) is 12.4 Å². The monoisotopic (exact) mass is 334 g/mol. The fraction of sp³-hybridized carbons (Fsp3) is 0.278. The highest BCUT2D eigenvalue weighted by atomic mass is 35.5. The third kappa shape index (κ3) is 6.72. The lowest BCUT2D eigenvalue weighted by molar-refractivity contribution is -0.116. The number of anilines is 1. The molecule has 0 bridgehead atoms. The molecule has 124 valence electrons. The van der Waals surface area contributed by atoms with Crippen molar-refractivity contribution >= 4 is 24.0 Å². The zero-order chi connectivity index (χ0) is 15.8. The highest BCUT2D eigenvalue weighted by Crippen LogP contribution is 2.19. The lowest BCUT2D eigenvalue weighted by atomic mass is 10.1. The molecule has 0 unspecified atom stereocenters. The van der Waals surface area contributed by atoms with Gasteiger partial charge in [-0.25, -0.2) is 0 Å². The summed E-state index contributed by atoms with van der Waals surface area (Å²) in [4.78, 5) is 11.7. The molecule has 3 N–H and O–H groups in total. The van der Waals surface area contributed by atoms with Crippen molar-refractivity contribution in [2.24, 2.45) is 5.73 Å². The molecule has 2 aromatic rings. The molecule has 0 atom stereocenters. The Morgan fingerprint density at radius 2 is 1.96 bits per heavy atom. The topological polar surface area (TPSA) is 64.3 Å². The average molecular weight is 335 g/mol. The van der Waals surface area contributed by atoms with Crippen molar-refractivity contribution in [1.29, 1.82) is 0 Å². The zero-order valence-electron chi connectivity index (χ0n) is 13.2. The van der Waals surface area contributed by atoms with Crippen molar-refractivity contribution < 1.29 is 9.53 Å². The van der Waals surface area contributed by atoms with E-state index >= 15 is 0 Å². The number of carbonyl (C=O) groups is 1. The van der Waals surface area contributed by atoms with E-state index in [0.717, 1.165) is 17.0 Å². The smallest absolute Gasteiger partial charge is 0.224 e. The van der Waals surface area contributed by atoms with Gasteiger partial charge in [0.25, 0.3) is 0 Å². The molecule has 4 nitrogen and oxygen atoms in total. The van der Waals surface area contributed by atoms with Gasteiger partial charge in [0.15, 0.2) is 0 Å². The Morgan fingerprint density at radius 3 is 2.70 bits per heavy atom. The summed E-state index contributed by atoms with van der Waals surface area (Å²) in [6.45, 7) is 3.08. The average Bonchev–Trinajstić information content (AvgIpc) is 2.51. The first-order valence-electron chi connectivity index (χ1n) is 7.46. The van der Waals surface area contributed by atoms with Crippen LogP contribution in [0.5, 0.6) is 5.75 Å². The van der Waals surface area contributed by atoms with Crippen LogP contribution in [0.25, 0.3) is 0 Å². The fourth-order valence-corrected chi connectivity index (χ4v) is 2.12. The van der Waals surface area contributed by atoms with Crippen molar-refractivity contribution in [1.82, 2.24) is 0 Å². The van der Waals surface area contributed by atoms with Crippen LogP contribution in [0, 0.1) is 6.92 Å². The molecule has 5 heteroatoms. The maximum absolute atomic E-state index is 11.7. The quantitative estimate of drug-likeness (QED) is 0.812. The molecule has 0 saturated carbocycles. The van der Waals surface area contributed by atoms with Crippen molar-refractivity contribution in [3.05, 3.63) is 59.7 Å². The number of hydrogen-bond donors (Lipinski definition) is 2. The third-order valence-corrected chi connectivity index (χ3v) is 3.21. The number of carbonyl (C=O) groups excluding carboxylic acids is 1. The maximum Gasteiger partial charge on any atom is 0.224 e. The Balaban J connectivity index is 0.00000264. The van der Waals surface area contributed by atoms with Gasteiger partial charge in [0.1, 0.15) is 12.4 Å². The Labute approximate surface area is 143 Å². The highest BCUT2D eigenvalue weighted by molar-refractivity contribution is 5.90. The Bertz CT molecular complexity index is 632. The van der Waals surface area contributed by atoms with E-state index in [1.54, 1.807) is 0 Å². The van der Waals surface area contributed by atoms with Crippen LogP contribution in [0.15, 0.2) is 48.5 Å². The van der Waals surface area contributed by atoms with E-state index in [4.69, 9.17) is 10.5 Å². The van der Waals surface area contributed by atoms with Crippen LogP contribution in [0.4, 0.5) is 5.69 Å². The van der Waals surface area contributed by atoms with Crippen LogP contribution in [0.3, 0.4) is 0 Å². The third-order valence-electron chi connectivity index (χ3n) is 3.21. The van der Waals surface area contributed by atoms with Gasteiger partial charge in [0.05, 0.1) is 0 Å². The van der Waals surface area contributed by atoms with E-state index in [2.05, 4.69) is 24.4 Å². The molecule has 0 heterocycles. The minimum atomic E-state index is -0.0266. The van der Waals surface area contributed by atoms with Crippen LogP contribution in [-0.2, 0) is 11.4 Å². The molecule has 0 saturated heterocycles. The van der Waals surface area contributed by atoms with Gasteiger partial charge in [-0.1, -0.05) is 35.9 Å². The van der Waals surface area contributed by atoms with Gasteiger partial charge in [0.2, 0.25) is 5.91 Å². The number of nitrogens with one attached hydrogen (secondary N) is 1. The maximum atomic E-state index is 11.7. The van der Waals surface area contributed by atoms with Gasteiger partial charge < -0.3 is 15.8 Å². The van der Waals surface area contributed by atoms with Crippen LogP contribution in [0.1, 0.15) is 24.0 Å². The number of amides is 1. The molecule has 0 radical (unpaired) electrons. The molecule has 23 heavy (non-hydrogen) atoms. The van der Waals surface area contributed by atoms with Gasteiger partial charge in [-0.05, 0) is 37.6 Å². The first-order chi connectivity index (χ1) is 10.7. The predicted octanol–water partition coefficient (Wildman–Crippen LogP) is 3.67. The first-order valence-corrected chi connectivity index (χ1v) is 7.46. The number of benzene rings is 2. The van der Waals surface area contributed by atoms with Crippen LogP contribution in [0.2, 0.25) is 0 Å². The molecule has 2 aromatic carbocycles. The van der Waals surface area contributed by atoms with E-state index in [1.165, 1.54) is 5.56 Å². The summed E-state index contributed by atoms with van der Waals surface area (Å²) in [5, 5.41) is 2.85. The number of hydrogen-bond acceptors (Lipinski definition) is 3. The summed E-state index contributed by atoms with van der Waals surface area (Å²) in [5.41, 5.74) is 8.47. The van der Waals surface area contributed by atoms with Crippen molar-refractivity contribution in [2.75, 3.05) is 11.9 Å². The van der Waals surface area contributed by atoms with Crippen LogP contribution < -0.4 is 15.8 Å². The van der Waals surface area contributed by atoms with Crippen LogP contribution in [-0.4, -0.2) is 12.5 Å². The fourth-order valence-electron chi connectivity index (χ4n) is 2.12. The van der Waals surface area contributed by atoms with Crippen LogP contribution >= 0.6 is 12.4 Å². The van der Waals surface area contributed by atoms with Gasteiger partial charge >= 0.3 is 0 Å². The molecule has 0 fully saturated rings. The van der Waals surface area contributed by atoms with E-state index < -0.39 is 0 Å². The molecular formula is C18H23ClN2O2. The molecule has 0 aliphatic rings. The van der Waals surface area contributed by atoms with E-state index in [-0.39, 0.29) is 18.3 Å². The van der Waals surface area contributed by atoms with E-state index in [1.807, 2.05) is 36.4 Å². The Kier molecular flexibility index (Phi) is 8.16. The van der Waals surface area contributed by atoms with Crippen molar-refractivity contribution in [2.45, 2.75) is 26.4 Å². The Morgan fingerprint density at radius 1 is 1.17 bits per heavy atom. The molecule has 0 aliphatic heterocycles. The largest absolute Gasteiger partial charge is 0.489 e. The lowest BCUT2D eigenvalue weighted by Gasteiger charge is -2.09. The summed E-state index contributed by atoms with van der Waals surface area (Å²) < 4.78 is 5.78. The van der Waals surface area contributed by atoms with Gasteiger partial charge in [0, 0.05) is 18.2 Å². The summed E-state index contributed by atoms with van der Waals surface area (Å²) in [6, 6.07) is 15.6. The van der Waals surface area contributed by atoms with Crippen molar-refractivity contribution in [3.63, 3.8) is 0 Å². The minimum Gasteiger partial charge on any atom is -0.489 e. The normalized spacial score (nSPS) is 9.83. The molecule has 2 rings (SSSR count). The summed E-state index contributed by atoms with van der Waals surface area (Å²) in [7, 11) is 0. The SMILES string of the molecule is Cc1cccc(COc2cccc(NC(=O)CCCN)c2)c1.Cl.